The van der Waals surface area contributed by atoms with Gasteiger partial charge in [0.25, 0.3) is 0 Å². The van der Waals surface area contributed by atoms with Crippen LogP contribution >= 0.6 is 0 Å². The number of allylic oxidation sites excluding steroid dienone is 3. The van der Waals surface area contributed by atoms with Gasteiger partial charge in [0, 0.05) is 12.6 Å². The second-order valence-corrected chi connectivity index (χ2v) is 5.14. The lowest BCUT2D eigenvalue weighted by Gasteiger charge is -2.30. The second kappa shape index (κ2) is 10.6. The maximum atomic E-state index is 11.9. The van der Waals surface area contributed by atoms with Crippen molar-refractivity contribution in [2.45, 2.75) is 26.8 Å². The van der Waals surface area contributed by atoms with Crippen molar-refractivity contribution in [1.29, 1.82) is 0 Å². The number of nitrogens with one attached hydrogen (secondary N) is 1. The molecular weight excluding hydrogens is 288 g/mol. The molecule has 1 rings (SSSR count). The number of nitrogens with zero attached hydrogens (tertiary/aromatic N) is 1. The Kier molecular flexibility index (Phi) is 8.76. The molecule has 0 spiro atoms. The maximum Gasteiger partial charge on any atom is 0.244 e. The summed E-state index contributed by atoms with van der Waals surface area (Å²) in [4.78, 5) is 14.2. The molecular formula is C19H28N2O2. The number of benzene rings is 1. The van der Waals surface area contributed by atoms with Crippen LogP contribution in [0.5, 0.6) is 5.75 Å². The minimum atomic E-state index is -0.0804. The number of carbonyl (C=O) groups excluding carboxylic acids is 1. The lowest BCUT2D eigenvalue weighted by Crippen LogP contribution is -2.37. The molecule has 23 heavy (non-hydrogen) atoms. The van der Waals surface area contributed by atoms with Crippen LogP contribution in [-0.2, 0) is 4.79 Å². The Morgan fingerprint density at radius 3 is 2.65 bits per heavy atom. The molecule has 0 bridgehead atoms. The van der Waals surface area contributed by atoms with Crippen molar-refractivity contribution in [3.63, 3.8) is 0 Å². The van der Waals surface area contributed by atoms with E-state index in [1.807, 2.05) is 37.3 Å². The van der Waals surface area contributed by atoms with Gasteiger partial charge >= 0.3 is 0 Å². The Morgan fingerprint density at radius 1 is 1.30 bits per heavy atom. The predicted octanol–water partition coefficient (Wildman–Crippen LogP) is 3.33. The van der Waals surface area contributed by atoms with Gasteiger partial charge in [-0.15, -0.1) is 0 Å². The first kappa shape index (κ1) is 19.0. The fourth-order valence-corrected chi connectivity index (χ4v) is 2.48. The Labute approximate surface area is 139 Å². The van der Waals surface area contributed by atoms with Crippen molar-refractivity contribution in [3.8, 4) is 5.75 Å². The number of carbonyl (C=O) groups is 1. The van der Waals surface area contributed by atoms with Crippen LogP contribution in [0.25, 0.3) is 0 Å². The summed E-state index contributed by atoms with van der Waals surface area (Å²) in [5.74, 6) is 0.752. The maximum absolute atomic E-state index is 11.9. The average Bonchev–Trinajstić information content (AvgIpc) is 2.58. The highest BCUT2D eigenvalue weighted by Crippen LogP contribution is 2.23. The van der Waals surface area contributed by atoms with Crippen molar-refractivity contribution in [3.05, 3.63) is 54.1 Å². The van der Waals surface area contributed by atoms with E-state index >= 15 is 0 Å². The third-order valence-corrected chi connectivity index (χ3v) is 3.75. The van der Waals surface area contributed by atoms with E-state index in [-0.39, 0.29) is 11.9 Å². The lowest BCUT2D eigenvalue weighted by molar-refractivity contribution is -0.116. The van der Waals surface area contributed by atoms with Crippen molar-refractivity contribution < 1.29 is 9.53 Å². The molecule has 4 nitrogen and oxygen atoms in total. The molecule has 0 saturated heterocycles. The summed E-state index contributed by atoms with van der Waals surface area (Å²) >= 11 is 0. The Balaban J connectivity index is 2.86. The number of amides is 1. The van der Waals surface area contributed by atoms with Crippen LogP contribution in [0.4, 0.5) is 0 Å². The van der Waals surface area contributed by atoms with Gasteiger partial charge < -0.3 is 10.1 Å². The first-order chi connectivity index (χ1) is 11.2. The zero-order valence-corrected chi connectivity index (χ0v) is 14.6. The van der Waals surface area contributed by atoms with E-state index in [0.29, 0.717) is 6.54 Å². The van der Waals surface area contributed by atoms with Gasteiger partial charge in [-0.3, -0.25) is 9.69 Å². The number of likely N-dealkylation sites (N-methyl/N-ethyl adjacent to an activating group) is 1. The van der Waals surface area contributed by atoms with E-state index in [2.05, 4.69) is 30.1 Å². The van der Waals surface area contributed by atoms with Crippen LogP contribution in [0.15, 0.2) is 48.6 Å². The zero-order chi connectivity index (χ0) is 17.1. The monoisotopic (exact) mass is 316 g/mol. The number of methoxy groups -OCH3 is 1. The highest BCUT2D eigenvalue weighted by molar-refractivity contribution is 5.87. The Bertz CT molecular complexity index is 534. The first-order valence-electron chi connectivity index (χ1n) is 8.11. The van der Waals surface area contributed by atoms with Crippen LogP contribution in [0.3, 0.4) is 0 Å². The van der Waals surface area contributed by atoms with Crippen LogP contribution in [0, 0.1) is 0 Å². The average molecular weight is 316 g/mol. The molecule has 1 aromatic carbocycles. The summed E-state index contributed by atoms with van der Waals surface area (Å²) in [7, 11) is 1.67. The summed E-state index contributed by atoms with van der Waals surface area (Å²) in [6.45, 7) is 8.58. The smallest absolute Gasteiger partial charge is 0.244 e. The normalized spacial score (nSPS) is 12.9. The van der Waals surface area contributed by atoms with Gasteiger partial charge in [0.1, 0.15) is 5.75 Å². The van der Waals surface area contributed by atoms with Crippen LogP contribution in [0.2, 0.25) is 0 Å². The Hall–Kier alpha value is -2.07. The zero-order valence-electron chi connectivity index (χ0n) is 14.6. The molecule has 126 valence electrons. The quantitative estimate of drug-likeness (QED) is 0.561. The van der Waals surface area contributed by atoms with Gasteiger partial charge in [0.05, 0.1) is 13.2 Å². The van der Waals surface area contributed by atoms with E-state index in [9.17, 15) is 4.79 Å². The van der Waals surface area contributed by atoms with E-state index < -0.39 is 0 Å². The van der Waals surface area contributed by atoms with E-state index in [0.717, 1.165) is 24.4 Å². The van der Waals surface area contributed by atoms with Gasteiger partial charge in [0.2, 0.25) is 5.91 Å². The fraction of sp³-hybridized carbons (Fsp3) is 0.421. The van der Waals surface area contributed by atoms with Gasteiger partial charge in [-0.25, -0.2) is 0 Å². The van der Waals surface area contributed by atoms with E-state index in [1.54, 1.807) is 19.3 Å². The largest absolute Gasteiger partial charge is 0.497 e. The predicted molar refractivity (Wildman–Crippen MR) is 95.6 cm³/mol. The van der Waals surface area contributed by atoms with E-state index in [1.165, 1.54) is 0 Å². The fourth-order valence-electron chi connectivity index (χ4n) is 2.48. The summed E-state index contributed by atoms with van der Waals surface area (Å²) < 4.78 is 5.32. The number of hydrogen-bond acceptors (Lipinski definition) is 3. The van der Waals surface area contributed by atoms with Crippen molar-refractivity contribution in [2.24, 2.45) is 0 Å². The summed E-state index contributed by atoms with van der Waals surface area (Å²) in [6.07, 6.45) is 7.01. The molecule has 1 N–H and O–H groups in total. The van der Waals surface area contributed by atoms with E-state index in [4.69, 9.17) is 4.74 Å². The lowest BCUT2D eigenvalue weighted by atomic mass is 10.0. The molecule has 1 atom stereocenters. The van der Waals surface area contributed by atoms with Crippen LogP contribution in [0.1, 0.15) is 32.4 Å². The molecule has 0 saturated carbocycles. The molecule has 0 aromatic heterocycles. The molecule has 0 heterocycles. The third kappa shape index (κ3) is 6.28. The molecule has 0 aliphatic heterocycles. The number of rotatable bonds is 9. The van der Waals surface area contributed by atoms with Gasteiger partial charge in [-0.2, -0.15) is 0 Å². The summed E-state index contributed by atoms with van der Waals surface area (Å²) in [5.41, 5.74) is 1.14. The van der Waals surface area contributed by atoms with Crippen molar-refractivity contribution in [2.75, 3.05) is 26.7 Å². The highest BCUT2D eigenvalue weighted by Gasteiger charge is 2.18. The van der Waals surface area contributed by atoms with Crippen LogP contribution in [-0.4, -0.2) is 37.6 Å². The standard InChI is InChI=1S/C19H28N2O2/c1-5-8-9-13-19(22)20-15-18(21(6-2)7-3)16-11-10-12-17(14-16)23-4/h5,8-14,18H,6-7,15H2,1-4H3,(H,20,22)/b8-5+,13-9+. The van der Waals surface area contributed by atoms with Gasteiger partial charge in [0.15, 0.2) is 0 Å². The summed E-state index contributed by atoms with van der Waals surface area (Å²) in [5, 5.41) is 2.98. The van der Waals surface area contributed by atoms with Crippen molar-refractivity contribution in [1.82, 2.24) is 10.2 Å². The van der Waals surface area contributed by atoms with Gasteiger partial charge in [-0.1, -0.05) is 44.2 Å². The van der Waals surface area contributed by atoms with Crippen molar-refractivity contribution >= 4 is 5.91 Å². The minimum Gasteiger partial charge on any atom is -0.497 e. The van der Waals surface area contributed by atoms with Gasteiger partial charge in [-0.05, 0) is 37.7 Å². The molecule has 0 fully saturated rings. The van der Waals surface area contributed by atoms with Crippen LogP contribution < -0.4 is 10.1 Å². The first-order valence-corrected chi connectivity index (χ1v) is 8.11. The molecule has 0 radical (unpaired) electrons. The second-order valence-electron chi connectivity index (χ2n) is 5.14. The molecule has 1 unspecified atom stereocenters. The Morgan fingerprint density at radius 2 is 2.04 bits per heavy atom. The SMILES string of the molecule is C/C=C/C=C/C(=O)NCC(c1cccc(OC)c1)N(CC)CC. The molecule has 0 aliphatic carbocycles. The molecule has 0 aliphatic rings. The molecule has 1 amide bonds. The molecule has 4 heteroatoms. The summed E-state index contributed by atoms with van der Waals surface area (Å²) in [6, 6.07) is 8.15. The molecule has 1 aromatic rings. The minimum absolute atomic E-state index is 0.0804. The third-order valence-electron chi connectivity index (χ3n) is 3.75. The topological polar surface area (TPSA) is 41.6 Å². The number of ether oxygens (including phenoxy) is 1. The number of hydrogen-bond donors (Lipinski definition) is 1. The highest BCUT2D eigenvalue weighted by atomic mass is 16.5.